The van der Waals surface area contributed by atoms with Crippen molar-refractivity contribution in [3.63, 3.8) is 0 Å². The van der Waals surface area contributed by atoms with E-state index in [0.717, 1.165) is 17.4 Å². The molecule has 2 unspecified atom stereocenters. The van der Waals surface area contributed by atoms with Gasteiger partial charge in [0.05, 0.1) is 0 Å². The fraction of sp³-hybridized carbons (Fsp3) is 0.500. The molecule has 0 aliphatic carbocycles. The first kappa shape index (κ1) is 13.9. The molecule has 2 atom stereocenters. The third-order valence-corrected chi connectivity index (χ3v) is 3.77. The summed E-state index contributed by atoms with van der Waals surface area (Å²) < 4.78 is 12.1. The Morgan fingerprint density at radius 2 is 2.00 bits per heavy atom. The Hall–Kier alpha value is -0.190. The van der Waals surface area contributed by atoms with E-state index in [-0.39, 0.29) is 0 Å². The lowest BCUT2D eigenvalue weighted by molar-refractivity contribution is 0.538. The molecular formula is C12H18BrNOS. The van der Waals surface area contributed by atoms with Gasteiger partial charge in [0.25, 0.3) is 0 Å². The summed E-state index contributed by atoms with van der Waals surface area (Å²) in [5.74, 6) is 0.715. The van der Waals surface area contributed by atoms with E-state index in [2.05, 4.69) is 52.4 Å². The maximum Gasteiger partial charge on any atom is 0.0357 e. The zero-order valence-corrected chi connectivity index (χ0v) is 12.1. The van der Waals surface area contributed by atoms with Crippen LogP contribution in [0.2, 0.25) is 0 Å². The van der Waals surface area contributed by atoms with Crippen LogP contribution in [0, 0.1) is 0 Å². The second kappa shape index (κ2) is 7.20. The van der Waals surface area contributed by atoms with Gasteiger partial charge >= 0.3 is 0 Å². The summed E-state index contributed by atoms with van der Waals surface area (Å²) in [5.41, 5.74) is 1.28. The molecule has 0 aromatic heterocycles. The lowest BCUT2D eigenvalue weighted by atomic mass is 10.1. The molecule has 0 heterocycles. The average Bonchev–Trinajstić information content (AvgIpc) is 2.26. The standard InChI is InChI=1S/C12H18BrNOS/c1-3-12(14-8-9-16(2)15)10-4-6-11(13)7-5-10/h4-7,12,14H,3,8-9H2,1-2H3. The van der Waals surface area contributed by atoms with Crippen molar-refractivity contribution in [1.29, 1.82) is 0 Å². The van der Waals surface area contributed by atoms with Gasteiger partial charge in [0, 0.05) is 39.9 Å². The van der Waals surface area contributed by atoms with Crippen molar-refractivity contribution < 1.29 is 4.21 Å². The lowest BCUT2D eigenvalue weighted by Crippen LogP contribution is -2.25. The highest BCUT2D eigenvalue weighted by atomic mass is 79.9. The Balaban J connectivity index is 2.53. The Morgan fingerprint density at radius 1 is 1.38 bits per heavy atom. The third kappa shape index (κ3) is 4.76. The van der Waals surface area contributed by atoms with Crippen LogP contribution in [0.3, 0.4) is 0 Å². The number of hydrogen-bond acceptors (Lipinski definition) is 2. The van der Waals surface area contributed by atoms with E-state index < -0.39 is 10.8 Å². The molecule has 0 aliphatic heterocycles. The number of rotatable bonds is 6. The minimum atomic E-state index is -0.714. The van der Waals surface area contributed by atoms with Gasteiger partial charge in [0.1, 0.15) is 0 Å². The van der Waals surface area contributed by atoms with Gasteiger partial charge in [-0.2, -0.15) is 0 Å². The Bertz CT molecular complexity index is 339. The molecule has 1 rings (SSSR count). The quantitative estimate of drug-likeness (QED) is 0.875. The van der Waals surface area contributed by atoms with Crippen molar-refractivity contribution in [2.24, 2.45) is 0 Å². The predicted molar refractivity (Wildman–Crippen MR) is 74.1 cm³/mol. The van der Waals surface area contributed by atoms with Gasteiger partial charge in [-0.15, -0.1) is 0 Å². The summed E-state index contributed by atoms with van der Waals surface area (Å²) in [7, 11) is -0.714. The largest absolute Gasteiger partial charge is 0.309 e. The smallest absolute Gasteiger partial charge is 0.0357 e. The third-order valence-electron chi connectivity index (χ3n) is 2.46. The van der Waals surface area contributed by atoms with E-state index in [1.165, 1.54) is 5.56 Å². The Labute approximate surface area is 108 Å². The van der Waals surface area contributed by atoms with E-state index >= 15 is 0 Å². The number of hydrogen-bond donors (Lipinski definition) is 1. The summed E-state index contributed by atoms with van der Waals surface area (Å²) in [5, 5.41) is 3.43. The monoisotopic (exact) mass is 303 g/mol. The molecule has 1 aromatic carbocycles. The van der Waals surface area contributed by atoms with E-state index in [9.17, 15) is 4.21 Å². The molecule has 1 N–H and O–H groups in total. The van der Waals surface area contributed by atoms with Gasteiger partial charge in [-0.25, -0.2) is 0 Å². The number of nitrogens with one attached hydrogen (secondary N) is 1. The van der Waals surface area contributed by atoms with E-state index in [0.29, 0.717) is 11.8 Å². The predicted octanol–water partition coefficient (Wildman–Crippen LogP) is 2.87. The summed E-state index contributed by atoms with van der Waals surface area (Å²) in [6.07, 6.45) is 2.78. The first-order chi connectivity index (χ1) is 7.63. The van der Waals surface area contributed by atoms with Crippen molar-refractivity contribution in [1.82, 2.24) is 5.32 Å². The highest BCUT2D eigenvalue weighted by Gasteiger charge is 2.07. The van der Waals surface area contributed by atoms with Gasteiger partial charge in [0.2, 0.25) is 0 Å². The van der Waals surface area contributed by atoms with E-state index in [1.54, 1.807) is 6.26 Å². The molecule has 0 saturated heterocycles. The first-order valence-corrected chi connectivity index (χ1v) is 7.94. The van der Waals surface area contributed by atoms with Gasteiger partial charge < -0.3 is 5.32 Å². The first-order valence-electron chi connectivity index (χ1n) is 5.42. The normalized spacial score (nSPS) is 14.7. The molecule has 0 radical (unpaired) electrons. The zero-order valence-electron chi connectivity index (χ0n) is 9.70. The van der Waals surface area contributed by atoms with Crippen molar-refractivity contribution in [2.45, 2.75) is 19.4 Å². The molecule has 0 saturated carbocycles. The molecule has 2 nitrogen and oxygen atoms in total. The second-order valence-corrected chi connectivity index (χ2v) is 6.21. The van der Waals surface area contributed by atoms with Gasteiger partial charge in [-0.05, 0) is 24.1 Å². The molecule has 0 amide bonds. The SMILES string of the molecule is CCC(NCCS(C)=O)c1ccc(Br)cc1. The average molecular weight is 304 g/mol. The van der Waals surface area contributed by atoms with Gasteiger partial charge in [-0.1, -0.05) is 35.0 Å². The van der Waals surface area contributed by atoms with E-state index in [4.69, 9.17) is 0 Å². The lowest BCUT2D eigenvalue weighted by Gasteiger charge is -2.17. The molecule has 0 fully saturated rings. The van der Waals surface area contributed by atoms with E-state index in [1.807, 2.05) is 0 Å². The highest BCUT2D eigenvalue weighted by molar-refractivity contribution is 9.10. The Morgan fingerprint density at radius 3 is 2.50 bits per heavy atom. The fourth-order valence-corrected chi connectivity index (χ4v) is 2.24. The zero-order chi connectivity index (χ0) is 12.0. The molecule has 0 bridgehead atoms. The van der Waals surface area contributed by atoms with Crippen molar-refractivity contribution >= 4 is 26.7 Å². The van der Waals surface area contributed by atoms with Crippen LogP contribution in [-0.4, -0.2) is 22.8 Å². The molecule has 90 valence electrons. The van der Waals surface area contributed by atoms with Crippen LogP contribution < -0.4 is 5.32 Å². The summed E-state index contributed by atoms with van der Waals surface area (Å²) in [4.78, 5) is 0. The van der Waals surface area contributed by atoms with Crippen LogP contribution in [0.15, 0.2) is 28.7 Å². The van der Waals surface area contributed by atoms with Crippen molar-refractivity contribution in [2.75, 3.05) is 18.6 Å². The van der Waals surface area contributed by atoms with Gasteiger partial charge in [-0.3, -0.25) is 4.21 Å². The van der Waals surface area contributed by atoms with Crippen LogP contribution in [0.1, 0.15) is 24.9 Å². The molecule has 4 heteroatoms. The fourth-order valence-electron chi connectivity index (χ4n) is 1.57. The number of benzene rings is 1. The van der Waals surface area contributed by atoms with Crippen molar-refractivity contribution in [3.05, 3.63) is 34.3 Å². The molecule has 0 aliphatic rings. The number of halogens is 1. The molecule has 1 aromatic rings. The minimum absolute atomic E-state index is 0.358. The van der Waals surface area contributed by atoms with Crippen LogP contribution in [0.4, 0.5) is 0 Å². The van der Waals surface area contributed by atoms with Crippen LogP contribution in [0.25, 0.3) is 0 Å². The Kier molecular flexibility index (Phi) is 6.24. The molecule has 0 spiro atoms. The topological polar surface area (TPSA) is 29.1 Å². The molecule has 16 heavy (non-hydrogen) atoms. The maximum atomic E-state index is 11.0. The van der Waals surface area contributed by atoms with Gasteiger partial charge in [0.15, 0.2) is 0 Å². The van der Waals surface area contributed by atoms with Crippen LogP contribution in [0.5, 0.6) is 0 Å². The van der Waals surface area contributed by atoms with Crippen molar-refractivity contribution in [3.8, 4) is 0 Å². The summed E-state index contributed by atoms with van der Waals surface area (Å²) in [6, 6.07) is 8.70. The highest BCUT2D eigenvalue weighted by Crippen LogP contribution is 2.19. The van der Waals surface area contributed by atoms with Crippen LogP contribution >= 0.6 is 15.9 Å². The summed E-state index contributed by atoms with van der Waals surface area (Å²) in [6.45, 7) is 2.96. The minimum Gasteiger partial charge on any atom is -0.309 e. The maximum absolute atomic E-state index is 11.0. The molecular weight excluding hydrogens is 286 g/mol. The summed E-state index contributed by atoms with van der Waals surface area (Å²) >= 11 is 3.43. The second-order valence-electron chi connectivity index (χ2n) is 3.74. The van der Waals surface area contributed by atoms with Crippen LogP contribution in [-0.2, 0) is 10.8 Å².